The largest absolute Gasteiger partial charge is 0.435 e. The zero-order valence-corrected chi connectivity index (χ0v) is 19.5. The lowest BCUT2D eigenvalue weighted by molar-refractivity contribution is -0.141. The molecule has 188 valence electrons. The van der Waals surface area contributed by atoms with Crippen molar-refractivity contribution >= 4 is 17.5 Å². The van der Waals surface area contributed by atoms with Crippen molar-refractivity contribution in [2.45, 2.75) is 32.7 Å². The van der Waals surface area contributed by atoms with E-state index >= 15 is 0 Å². The Morgan fingerprint density at radius 3 is 2.11 bits per heavy atom. The molecule has 0 unspecified atom stereocenters. The lowest BCUT2D eigenvalue weighted by Crippen LogP contribution is -2.26. The summed E-state index contributed by atoms with van der Waals surface area (Å²) in [7, 11) is 0. The molecule has 0 atom stereocenters. The fourth-order valence-electron chi connectivity index (χ4n) is 3.56. The highest BCUT2D eigenvalue weighted by atomic mass is 35.5. The molecule has 0 aliphatic carbocycles. The summed E-state index contributed by atoms with van der Waals surface area (Å²) in [6.07, 6.45) is -0.341. The van der Waals surface area contributed by atoms with E-state index in [1.807, 2.05) is 25.3 Å². The number of carbonyl (C=O) groups excluding carboxylic acids is 1. The van der Waals surface area contributed by atoms with Crippen molar-refractivity contribution in [1.29, 1.82) is 0 Å². The number of rotatable bonds is 7. The van der Waals surface area contributed by atoms with E-state index in [9.17, 15) is 26.7 Å². The zero-order valence-electron chi connectivity index (χ0n) is 18.8. The van der Waals surface area contributed by atoms with E-state index in [4.69, 9.17) is 11.6 Å². The van der Waals surface area contributed by atoms with E-state index in [1.165, 1.54) is 0 Å². The molecule has 2 aromatic heterocycles. The van der Waals surface area contributed by atoms with Crippen LogP contribution in [0.3, 0.4) is 0 Å². The van der Waals surface area contributed by atoms with E-state index in [0.29, 0.717) is 12.1 Å². The van der Waals surface area contributed by atoms with E-state index in [1.54, 1.807) is 23.0 Å². The van der Waals surface area contributed by atoms with Crippen LogP contribution in [0.15, 0.2) is 55.0 Å². The van der Waals surface area contributed by atoms with Gasteiger partial charge in [-0.2, -0.15) is 23.4 Å². The minimum absolute atomic E-state index is 0.0298. The smallest absolute Gasteiger partial charge is 0.348 e. The summed E-state index contributed by atoms with van der Waals surface area (Å²) in [5, 5.41) is 9.68. The molecular weight excluding hydrogens is 505 g/mol. The average molecular weight is 524 g/mol. The number of nitrogens with zero attached hydrogens (tertiary/aromatic N) is 4. The van der Waals surface area contributed by atoms with Gasteiger partial charge in [-0.15, -0.1) is 0 Å². The molecule has 2 aromatic carbocycles. The molecule has 6 nitrogen and oxygen atoms in total. The molecule has 1 N–H and O–H groups in total. The highest BCUT2D eigenvalue weighted by Gasteiger charge is 2.39. The molecule has 0 aliphatic rings. The first-order valence-corrected chi connectivity index (χ1v) is 11.0. The lowest BCUT2D eigenvalue weighted by atomic mass is 10.1. The third kappa shape index (κ3) is 5.91. The second-order valence-corrected chi connectivity index (χ2v) is 8.59. The molecule has 0 fully saturated rings. The molecule has 0 spiro atoms. The van der Waals surface area contributed by atoms with Crippen LogP contribution in [0, 0.1) is 18.6 Å². The molecule has 4 aromatic rings. The van der Waals surface area contributed by atoms with Gasteiger partial charge in [0.15, 0.2) is 5.69 Å². The summed E-state index contributed by atoms with van der Waals surface area (Å²) >= 11 is 5.56. The number of alkyl halides is 3. The average Bonchev–Trinajstić information content (AvgIpc) is 3.40. The number of hydrogen-bond acceptors (Lipinski definition) is 3. The maximum absolute atomic E-state index is 14.0. The highest BCUT2D eigenvalue weighted by molar-refractivity contribution is 6.30. The highest BCUT2D eigenvalue weighted by Crippen LogP contribution is 2.31. The van der Waals surface area contributed by atoms with Crippen LogP contribution in [0.5, 0.6) is 0 Å². The van der Waals surface area contributed by atoms with E-state index in [-0.39, 0.29) is 11.6 Å². The lowest BCUT2D eigenvalue weighted by Gasteiger charge is -2.09. The van der Waals surface area contributed by atoms with Crippen molar-refractivity contribution in [3.63, 3.8) is 0 Å². The van der Waals surface area contributed by atoms with E-state index < -0.39 is 47.1 Å². The van der Waals surface area contributed by atoms with Crippen molar-refractivity contribution in [3.05, 3.63) is 105 Å². The second-order valence-electron chi connectivity index (χ2n) is 8.15. The van der Waals surface area contributed by atoms with Gasteiger partial charge in [-0.3, -0.25) is 14.2 Å². The maximum Gasteiger partial charge on any atom is 0.435 e. The van der Waals surface area contributed by atoms with Gasteiger partial charge in [-0.05, 0) is 35.7 Å². The number of aromatic nitrogens is 4. The Hall–Kier alpha value is -3.73. The predicted molar refractivity (Wildman–Crippen MR) is 121 cm³/mol. The fourth-order valence-corrected chi connectivity index (χ4v) is 3.75. The Labute approximate surface area is 207 Å². The Kier molecular flexibility index (Phi) is 7.11. The van der Waals surface area contributed by atoms with Gasteiger partial charge in [0.1, 0.15) is 11.6 Å². The number of carbonyl (C=O) groups is 1. The van der Waals surface area contributed by atoms with Crippen LogP contribution in [-0.4, -0.2) is 25.5 Å². The van der Waals surface area contributed by atoms with Crippen molar-refractivity contribution in [2.24, 2.45) is 0 Å². The normalized spacial score (nSPS) is 11.6. The molecule has 0 bridgehead atoms. The van der Waals surface area contributed by atoms with Gasteiger partial charge in [0, 0.05) is 29.5 Å². The summed E-state index contributed by atoms with van der Waals surface area (Å²) in [5.41, 5.74) is -0.0669. The van der Waals surface area contributed by atoms with Crippen LogP contribution in [-0.2, 0) is 25.8 Å². The monoisotopic (exact) mass is 523 g/mol. The Morgan fingerprint density at radius 2 is 1.58 bits per heavy atom. The SMILES string of the molecule is Cc1cnn(Cc2ccc(Cn3cc(C(=O)NCc4c(F)cc(Cl)cc4F)c(C(F)(F)F)n3)cc2)c1. The topological polar surface area (TPSA) is 64.7 Å². The number of benzene rings is 2. The van der Waals surface area contributed by atoms with Gasteiger partial charge in [-0.1, -0.05) is 35.9 Å². The number of aryl methyl sites for hydroxylation is 1. The second kappa shape index (κ2) is 10.1. The summed E-state index contributed by atoms with van der Waals surface area (Å²) in [4.78, 5) is 12.5. The first-order valence-electron chi connectivity index (χ1n) is 10.6. The van der Waals surface area contributed by atoms with E-state index in [2.05, 4.69) is 15.5 Å². The van der Waals surface area contributed by atoms with Gasteiger partial charge >= 0.3 is 6.18 Å². The van der Waals surface area contributed by atoms with Crippen molar-refractivity contribution in [1.82, 2.24) is 24.9 Å². The maximum atomic E-state index is 14.0. The van der Waals surface area contributed by atoms with Gasteiger partial charge in [-0.25, -0.2) is 8.78 Å². The standard InChI is InChI=1S/C24H19ClF5N5O/c1-14-8-32-34(10-14)11-15-2-4-16(5-3-15)12-35-13-19(22(33-35)24(28,29)30)23(36)31-9-18-20(26)6-17(25)7-21(18)27/h2-8,10,13H,9,11-12H2,1H3,(H,31,36). The third-order valence-electron chi connectivity index (χ3n) is 5.28. The van der Waals surface area contributed by atoms with Crippen LogP contribution in [0.4, 0.5) is 22.0 Å². The van der Waals surface area contributed by atoms with Crippen molar-refractivity contribution < 1.29 is 26.7 Å². The van der Waals surface area contributed by atoms with Crippen LogP contribution >= 0.6 is 11.6 Å². The molecular formula is C24H19ClF5N5O. The van der Waals surface area contributed by atoms with Gasteiger partial charge in [0.2, 0.25) is 0 Å². The molecule has 12 heteroatoms. The number of halogens is 6. The number of amides is 1. The molecule has 0 saturated heterocycles. The summed E-state index contributed by atoms with van der Waals surface area (Å²) in [5.74, 6) is -3.23. The Morgan fingerprint density at radius 1 is 1.00 bits per heavy atom. The van der Waals surface area contributed by atoms with E-state index in [0.717, 1.165) is 34.1 Å². The zero-order chi connectivity index (χ0) is 26.0. The molecule has 4 rings (SSSR count). The molecule has 0 radical (unpaired) electrons. The molecule has 0 saturated carbocycles. The molecule has 0 aliphatic heterocycles. The minimum atomic E-state index is -4.92. The van der Waals surface area contributed by atoms with Crippen LogP contribution in [0.1, 0.15) is 38.3 Å². The van der Waals surface area contributed by atoms with Crippen LogP contribution in [0.25, 0.3) is 0 Å². The van der Waals surface area contributed by atoms with Gasteiger partial charge in [0.25, 0.3) is 5.91 Å². The first-order chi connectivity index (χ1) is 17.0. The molecule has 2 heterocycles. The number of nitrogens with one attached hydrogen (secondary N) is 1. The Balaban J connectivity index is 1.49. The minimum Gasteiger partial charge on any atom is -0.348 e. The molecule has 36 heavy (non-hydrogen) atoms. The van der Waals surface area contributed by atoms with Gasteiger partial charge in [0.05, 0.1) is 24.8 Å². The predicted octanol–water partition coefficient (Wildman–Crippen LogP) is 5.37. The van der Waals surface area contributed by atoms with Crippen LogP contribution < -0.4 is 5.32 Å². The quantitative estimate of drug-likeness (QED) is 0.331. The Bertz CT molecular complexity index is 1370. The fraction of sp³-hybridized carbons (Fsp3) is 0.208. The summed E-state index contributed by atoms with van der Waals surface area (Å²) in [6, 6.07) is 8.81. The summed E-state index contributed by atoms with van der Waals surface area (Å²) in [6.45, 7) is 1.76. The molecule has 1 amide bonds. The van der Waals surface area contributed by atoms with Crippen molar-refractivity contribution in [2.75, 3.05) is 0 Å². The summed E-state index contributed by atoms with van der Waals surface area (Å²) < 4.78 is 71.3. The first kappa shape index (κ1) is 25.4. The van der Waals surface area contributed by atoms with Crippen molar-refractivity contribution in [3.8, 4) is 0 Å². The van der Waals surface area contributed by atoms with Gasteiger partial charge < -0.3 is 5.32 Å². The number of hydrogen-bond donors (Lipinski definition) is 1. The van der Waals surface area contributed by atoms with Crippen LogP contribution in [0.2, 0.25) is 5.02 Å². The third-order valence-corrected chi connectivity index (χ3v) is 5.50.